The summed E-state index contributed by atoms with van der Waals surface area (Å²) in [6.45, 7) is 2.17. The van der Waals surface area contributed by atoms with Crippen molar-refractivity contribution in [2.75, 3.05) is 7.05 Å². The highest BCUT2D eigenvalue weighted by atomic mass is 79.9. The van der Waals surface area contributed by atoms with E-state index in [1.807, 2.05) is 32.2 Å². The summed E-state index contributed by atoms with van der Waals surface area (Å²) in [6.07, 6.45) is 0. The van der Waals surface area contributed by atoms with Crippen LogP contribution in [0.5, 0.6) is 5.75 Å². The minimum absolute atomic E-state index is 0.131. The van der Waals surface area contributed by atoms with Crippen LogP contribution in [0.25, 0.3) is 0 Å². The van der Waals surface area contributed by atoms with E-state index in [9.17, 15) is 4.39 Å². The Morgan fingerprint density at radius 1 is 1.29 bits per heavy atom. The molecule has 2 aromatic rings. The number of ether oxygens (including phenoxy) is 1. The Hall–Kier alpha value is -1.10. The summed E-state index contributed by atoms with van der Waals surface area (Å²) in [4.78, 5) is 0. The van der Waals surface area contributed by atoms with Crippen LogP contribution in [0.2, 0.25) is 5.02 Å². The van der Waals surface area contributed by atoms with Gasteiger partial charge in [-0.15, -0.1) is 0 Å². The van der Waals surface area contributed by atoms with Crippen molar-refractivity contribution in [2.45, 2.75) is 19.6 Å². The molecular formula is C16H16BrClFNO. The summed E-state index contributed by atoms with van der Waals surface area (Å²) in [6, 6.07) is 10.4. The second-order valence-corrected chi connectivity index (χ2v) is 6.07. The summed E-state index contributed by atoms with van der Waals surface area (Å²) >= 11 is 9.31. The van der Waals surface area contributed by atoms with E-state index in [0.717, 1.165) is 10.0 Å². The number of hydrogen-bond donors (Lipinski definition) is 1. The number of rotatable bonds is 5. The lowest BCUT2D eigenvalue weighted by Gasteiger charge is -2.17. The van der Waals surface area contributed by atoms with Gasteiger partial charge >= 0.3 is 0 Å². The summed E-state index contributed by atoms with van der Waals surface area (Å²) in [7, 11) is 1.88. The summed E-state index contributed by atoms with van der Waals surface area (Å²) in [5, 5.41) is 3.66. The Balaban J connectivity index is 2.23. The quantitative estimate of drug-likeness (QED) is 0.788. The molecule has 2 rings (SSSR count). The molecule has 5 heteroatoms. The van der Waals surface area contributed by atoms with E-state index in [2.05, 4.69) is 21.2 Å². The van der Waals surface area contributed by atoms with Gasteiger partial charge in [-0.25, -0.2) is 4.39 Å². The third-order valence-electron chi connectivity index (χ3n) is 3.27. The van der Waals surface area contributed by atoms with Gasteiger partial charge in [0.2, 0.25) is 0 Å². The lowest BCUT2D eigenvalue weighted by atomic mass is 10.1. The largest absolute Gasteiger partial charge is 0.488 e. The van der Waals surface area contributed by atoms with Gasteiger partial charge in [-0.2, -0.15) is 0 Å². The third-order valence-corrected chi connectivity index (χ3v) is 3.99. The van der Waals surface area contributed by atoms with Crippen LogP contribution in [0.15, 0.2) is 40.9 Å². The fourth-order valence-electron chi connectivity index (χ4n) is 1.96. The van der Waals surface area contributed by atoms with E-state index in [0.29, 0.717) is 16.3 Å². The van der Waals surface area contributed by atoms with Crippen molar-refractivity contribution in [3.8, 4) is 5.75 Å². The Labute approximate surface area is 137 Å². The standard InChI is InChI=1S/C16H16BrClFNO/c1-10(20-2)14-5-3-12(17)8-16(14)21-9-11-7-13(18)4-6-15(11)19/h3-8,10,20H,9H2,1-2H3. The lowest BCUT2D eigenvalue weighted by molar-refractivity contribution is 0.294. The second-order valence-electron chi connectivity index (χ2n) is 4.72. The Kier molecular flexibility index (Phi) is 5.62. The predicted molar refractivity (Wildman–Crippen MR) is 87.4 cm³/mol. The molecule has 1 N–H and O–H groups in total. The molecule has 2 aromatic carbocycles. The molecule has 112 valence electrons. The van der Waals surface area contributed by atoms with Crippen LogP contribution in [0.1, 0.15) is 24.1 Å². The van der Waals surface area contributed by atoms with Gasteiger partial charge in [0.25, 0.3) is 0 Å². The summed E-state index contributed by atoms with van der Waals surface area (Å²) in [5.74, 6) is 0.392. The number of nitrogens with one attached hydrogen (secondary N) is 1. The van der Waals surface area contributed by atoms with Crippen molar-refractivity contribution in [3.05, 3.63) is 62.8 Å². The highest BCUT2D eigenvalue weighted by Gasteiger charge is 2.12. The van der Waals surface area contributed by atoms with Crippen LogP contribution >= 0.6 is 27.5 Å². The highest BCUT2D eigenvalue weighted by Crippen LogP contribution is 2.29. The molecule has 0 saturated heterocycles. The number of halogens is 3. The van der Waals surface area contributed by atoms with Crippen LogP contribution < -0.4 is 10.1 Å². The molecule has 2 nitrogen and oxygen atoms in total. The fourth-order valence-corrected chi connectivity index (χ4v) is 2.49. The molecule has 0 fully saturated rings. The number of benzene rings is 2. The zero-order valence-corrected chi connectivity index (χ0v) is 14.1. The van der Waals surface area contributed by atoms with E-state index in [1.54, 1.807) is 6.07 Å². The molecule has 0 amide bonds. The molecule has 0 aliphatic carbocycles. The Morgan fingerprint density at radius 2 is 2.05 bits per heavy atom. The van der Waals surface area contributed by atoms with Crippen LogP contribution in [-0.2, 0) is 6.61 Å². The van der Waals surface area contributed by atoms with Crippen LogP contribution in [-0.4, -0.2) is 7.05 Å². The molecule has 0 aliphatic rings. The maximum absolute atomic E-state index is 13.7. The second kappa shape index (κ2) is 7.25. The van der Waals surface area contributed by atoms with Gasteiger partial charge < -0.3 is 10.1 Å². The van der Waals surface area contributed by atoms with Gasteiger partial charge in [-0.05, 0) is 44.3 Å². The molecule has 0 spiro atoms. The fraction of sp³-hybridized carbons (Fsp3) is 0.250. The lowest BCUT2D eigenvalue weighted by Crippen LogP contribution is -2.14. The van der Waals surface area contributed by atoms with Crippen molar-refractivity contribution in [3.63, 3.8) is 0 Å². The highest BCUT2D eigenvalue weighted by molar-refractivity contribution is 9.10. The zero-order chi connectivity index (χ0) is 15.4. The topological polar surface area (TPSA) is 21.3 Å². The molecule has 1 unspecified atom stereocenters. The zero-order valence-electron chi connectivity index (χ0n) is 11.8. The van der Waals surface area contributed by atoms with E-state index < -0.39 is 0 Å². The van der Waals surface area contributed by atoms with Crippen molar-refractivity contribution in [1.82, 2.24) is 5.32 Å². The van der Waals surface area contributed by atoms with Gasteiger partial charge in [0.15, 0.2) is 0 Å². The first-order valence-corrected chi connectivity index (χ1v) is 7.72. The Morgan fingerprint density at radius 3 is 2.76 bits per heavy atom. The first kappa shape index (κ1) is 16.3. The van der Waals surface area contributed by atoms with Crippen LogP contribution in [0, 0.1) is 5.82 Å². The van der Waals surface area contributed by atoms with Gasteiger partial charge in [-0.3, -0.25) is 0 Å². The molecule has 0 bridgehead atoms. The van der Waals surface area contributed by atoms with Crippen molar-refractivity contribution in [1.29, 1.82) is 0 Å². The summed E-state index contributed by atoms with van der Waals surface area (Å²) < 4.78 is 20.4. The normalized spacial score (nSPS) is 12.2. The molecule has 0 saturated carbocycles. The van der Waals surface area contributed by atoms with Crippen molar-refractivity contribution >= 4 is 27.5 Å². The predicted octanol–water partition coefficient (Wildman–Crippen LogP) is 5.10. The minimum atomic E-state index is -0.322. The Bertz CT molecular complexity index is 636. The number of hydrogen-bond acceptors (Lipinski definition) is 2. The van der Waals surface area contributed by atoms with E-state index in [-0.39, 0.29) is 18.5 Å². The van der Waals surface area contributed by atoms with E-state index in [1.165, 1.54) is 12.1 Å². The van der Waals surface area contributed by atoms with Crippen LogP contribution in [0.4, 0.5) is 4.39 Å². The maximum Gasteiger partial charge on any atom is 0.129 e. The average molecular weight is 373 g/mol. The van der Waals surface area contributed by atoms with Gasteiger partial charge in [0, 0.05) is 26.7 Å². The van der Waals surface area contributed by atoms with Crippen LogP contribution in [0.3, 0.4) is 0 Å². The molecule has 0 aliphatic heterocycles. The van der Waals surface area contributed by atoms with Gasteiger partial charge in [-0.1, -0.05) is 33.6 Å². The molecule has 21 heavy (non-hydrogen) atoms. The van der Waals surface area contributed by atoms with E-state index >= 15 is 0 Å². The first-order chi connectivity index (χ1) is 10.0. The van der Waals surface area contributed by atoms with Crippen molar-refractivity contribution in [2.24, 2.45) is 0 Å². The average Bonchev–Trinajstić information content (AvgIpc) is 2.47. The molecule has 0 heterocycles. The molecular weight excluding hydrogens is 357 g/mol. The third kappa shape index (κ3) is 4.19. The molecule has 0 aromatic heterocycles. The van der Waals surface area contributed by atoms with Gasteiger partial charge in [0.05, 0.1) is 0 Å². The van der Waals surface area contributed by atoms with Crippen molar-refractivity contribution < 1.29 is 9.13 Å². The monoisotopic (exact) mass is 371 g/mol. The van der Waals surface area contributed by atoms with E-state index in [4.69, 9.17) is 16.3 Å². The maximum atomic E-state index is 13.7. The summed E-state index contributed by atoms with van der Waals surface area (Å²) in [5.41, 5.74) is 1.45. The smallest absolute Gasteiger partial charge is 0.129 e. The van der Waals surface area contributed by atoms with Gasteiger partial charge in [0.1, 0.15) is 18.2 Å². The molecule has 0 radical (unpaired) electrons. The first-order valence-electron chi connectivity index (χ1n) is 6.54. The minimum Gasteiger partial charge on any atom is -0.488 e. The SMILES string of the molecule is CNC(C)c1ccc(Br)cc1OCc1cc(Cl)ccc1F. The molecule has 1 atom stereocenters.